The first-order chi connectivity index (χ1) is 10.8. The number of thioether (sulfide) groups is 1. The van der Waals surface area contributed by atoms with Gasteiger partial charge in [-0.3, -0.25) is 15.1 Å². The molecule has 0 radical (unpaired) electrons. The van der Waals surface area contributed by atoms with Crippen molar-refractivity contribution in [3.05, 3.63) is 70.9 Å². The largest absolute Gasteiger partial charge is 0.276 e. The van der Waals surface area contributed by atoms with Crippen LogP contribution in [0, 0.1) is 0 Å². The number of hydrogen-bond acceptors (Lipinski definition) is 5. The Hall–Kier alpha value is -2.15. The third-order valence-electron chi connectivity index (χ3n) is 3.62. The topological polar surface area (TPSA) is 57.3 Å². The smallest absolute Gasteiger partial charge is 0.267 e. The van der Waals surface area contributed by atoms with Crippen LogP contribution in [0.5, 0.6) is 0 Å². The number of benzene rings is 1. The van der Waals surface area contributed by atoms with Crippen molar-refractivity contribution < 1.29 is 4.79 Å². The van der Waals surface area contributed by atoms with Gasteiger partial charge in [-0.1, -0.05) is 42.1 Å². The van der Waals surface area contributed by atoms with Crippen molar-refractivity contribution in [1.82, 2.24) is 20.7 Å². The van der Waals surface area contributed by atoms with Gasteiger partial charge < -0.3 is 0 Å². The number of carbonyl (C=O) groups is 1. The molecule has 2 aliphatic rings. The summed E-state index contributed by atoms with van der Waals surface area (Å²) < 4.78 is 0. The van der Waals surface area contributed by atoms with Crippen LogP contribution in [0.15, 0.2) is 59.8 Å². The third-order valence-corrected chi connectivity index (χ3v) is 4.73. The highest BCUT2D eigenvalue weighted by atomic mass is 32.2. The maximum atomic E-state index is 12.5. The number of aromatic nitrogens is 1. The molecule has 22 heavy (non-hydrogen) atoms. The fourth-order valence-corrected chi connectivity index (χ4v) is 3.64. The summed E-state index contributed by atoms with van der Waals surface area (Å²) in [5, 5.41) is 5.06. The van der Waals surface area contributed by atoms with Gasteiger partial charge in [0.25, 0.3) is 5.91 Å². The zero-order chi connectivity index (χ0) is 14.9. The number of amides is 1. The molecule has 2 saturated heterocycles. The first kappa shape index (κ1) is 13.5. The van der Waals surface area contributed by atoms with Gasteiger partial charge >= 0.3 is 0 Å². The normalized spacial score (nSPS) is 25.7. The zero-order valence-electron chi connectivity index (χ0n) is 11.6. The van der Waals surface area contributed by atoms with E-state index in [2.05, 4.69) is 15.7 Å². The van der Waals surface area contributed by atoms with Crippen molar-refractivity contribution >= 4 is 23.7 Å². The van der Waals surface area contributed by atoms with E-state index in [1.165, 1.54) is 11.8 Å². The maximum absolute atomic E-state index is 12.5. The molecular weight excluding hydrogens is 296 g/mol. The van der Waals surface area contributed by atoms with Gasteiger partial charge in [-0.2, -0.15) is 0 Å². The van der Waals surface area contributed by atoms with Crippen LogP contribution in [0.3, 0.4) is 0 Å². The summed E-state index contributed by atoms with van der Waals surface area (Å²) in [5.41, 5.74) is 5.23. The Bertz CT molecular complexity index is 719. The van der Waals surface area contributed by atoms with Crippen LogP contribution in [-0.4, -0.2) is 21.4 Å². The predicted molar refractivity (Wildman–Crippen MR) is 85.9 cm³/mol. The Balaban J connectivity index is 1.52. The van der Waals surface area contributed by atoms with E-state index in [4.69, 9.17) is 0 Å². The lowest BCUT2D eigenvalue weighted by Gasteiger charge is -2.13. The van der Waals surface area contributed by atoms with Gasteiger partial charge in [0.2, 0.25) is 0 Å². The molecule has 1 aromatic carbocycles. The van der Waals surface area contributed by atoms with Crippen molar-refractivity contribution in [2.75, 3.05) is 0 Å². The molecule has 2 aromatic rings. The minimum Gasteiger partial charge on any atom is -0.267 e. The Morgan fingerprint density at radius 3 is 2.64 bits per heavy atom. The van der Waals surface area contributed by atoms with Crippen LogP contribution in [0.25, 0.3) is 6.08 Å². The van der Waals surface area contributed by atoms with Gasteiger partial charge in [-0.05, 0) is 29.3 Å². The summed E-state index contributed by atoms with van der Waals surface area (Å²) in [6.45, 7) is 0. The van der Waals surface area contributed by atoms with E-state index >= 15 is 0 Å². The van der Waals surface area contributed by atoms with Gasteiger partial charge in [0, 0.05) is 12.4 Å². The molecule has 2 unspecified atom stereocenters. The van der Waals surface area contributed by atoms with E-state index in [9.17, 15) is 4.79 Å². The molecule has 2 atom stereocenters. The minimum absolute atomic E-state index is 0.00269. The highest BCUT2D eigenvalue weighted by molar-refractivity contribution is 8.05. The van der Waals surface area contributed by atoms with Crippen LogP contribution in [-0.2, 0) is 4.79 Å². The zero-order valence-corrected chi connectivity index (χ0v) is 12.5. The third kappa shape index (κ3) is 2.41. The van der Waals surface area contributed by atoms with E-state index in [-0.39, 0.29) is 17.6 Å². The number of nitrogens with zero attached hydrogens (tertiary/aromatic N) is 2. The van der Waals surface area contributed by atoms with Gasteiger partial charge in [-0.25, -0.2) is 10.4 Å². The van der Waals surface area contributed by atoms with Crippen LogP contribution in [0.4, 0.5) is 0 Å². The molecule has 0 aliphatic carbocycles. The predicted octanol–water partition coefficient (Wildman–Crippen LogP) is 2.09. The summed E-state index contributed by atoms with van der Waals surface area (Å²) in [6.07, 6.45) is 5.36. The molecular formula is C16H14N4OS. The van der Waals surface area contributed by atoms with Crippen LogP contribution >= 0.6 is 11.8 Å². The first-order valence-electron chi connectivity index (χ1n) is 7.00. The van der Waals surface area contributed by atoms with E-state index in [0.29, 0.717) is 0 Å². The number of carbonyl (C=O) groups excluding carboxylic acids is 1. The second kappa shape index (κ2) is 5.57. The van der Waals surface area contributed by atoms with E-state index in [0.717, 1.165) is 16.0 Å². The van der Waals surface area contributed by atoms with Crippen LogP contribution in [0.1, 0.15) is 17.3 Å². The van der Waals surface area contributed by atoms with E-state index in [1.807, 2.05) is 48.5 Å². The molecule has 1 amide bonds. The van der Waals surface area contributed by atoms with Gasteiger partial charge in [-0.15, -0.1) is 0 Å². The average Bonchev–Trinajstić information content (AvgIpc) is 3.10. The molecule has 5 nitrogen and oxygen atoms in total. The highest BCUT2D eigenvalue weighted by Gasteiger charge is 2.43. The van der Waals surface area contributed by atoms with Gasteiger partial charge in [0.05, 0.1) is 4.91 Å². The van der Waals surface area contributed by atoms with E-state index < -0.39 is 0 Å². The molecule has 0 bridgehead atoms. The monoisotopic (exact) mass is 310 g/mol. The molecule has 0 saturated carbocycles. The highest BCUT2D eigenvalue weighted by Crippen LogP contribution is 2.38. The number of hydrazine groups is 1. The Kier molecular flexibility index (Phi) is 3.42. The van der Waals surface area contributed by atoms with Crippen molar-refractivity contribution in [2.24, 2.45) is 0 Å². The van der Waals surface area contributed by atoms with Gasteiger partial charge in [0.15, 0.2) is 5.50 Å². The fraction of sp³-hybridized carbons (Fsp3) is 0.125. The Labute approximate surface area is 132 Å². The summed E-state index contributed by atoms with van der Waals surface area (Å²) in [6, 6.07) is 13.7. The summed E-state index contributed by atoms with van der Waals surface area (Å²) in [5.74, 6) is 0.00269. The van der Waals surface area contributed by atoms with Crippen molar-refractivity contribution in [1.29, 1.82) is 0 Å². The van der Waals surface area contributed by atoms with Gasteiger partial charge in [0.1, 0.15) is 6.17 Å². The molecule has 2 aliphatic heterocycles. The summed E-state index contributed by atoms with van der Waals surface area (Å²) in [4.78, 5) is 17.2. The standard InChI is InChI=1S/C16H14N4OS/c21-15-13(10-11-4-2-1-3-5-11)22-16-18-14(19-20(15)16)12-6-8-17-9-7-12/h1-10,14,16,18-19H/b13-10-. The van der Waals surface area contributed by atoms with Crippen LogP contribution < -0.4 is 10.7 Å². The quantitative estimate of drug-likeness (QED) is 0.832. The van der Waals surface area contributed by atoms with Crippen molar-refractivity contribution in [2.45, 2.75) is 11.7 Å². The molecule has 6 heteroatoms. The second-order valence-corrected chi connectivity index (χ2v) is 6.20. The number of hydrogen-bond donors (Lipinski definition) is 2. The minimum atomic E-state index is -0.0828. The molecule has 2 N–H and O–H groups in total. The molecule has 1 aromatic heterocycles. The summed E-state index contributed by atoms with van der Waals surface area (Å²) >= 11 is 1.53. The Morgan fingerprint density at radius 1 is 1.14 bits per heavy atom. The number of nitrogens with one attached hydrogen (secondary N) is 2. The van der Waals surface area contributed by atoms with Crippen molar-refractivity contribution in [3.8, 4) is 0 Å². The molecule has 4 rings (SSSR count). The molecule has 110 valence electrons. The summed E-state index contributed by atoms with van der Waals surface area (Å²) in [7, 11) is 0. The van der Waals surface area contributed by atoms with E-state index in [1.54, 1.807) is 17.4 Å². The lowest BCUT2D eigenvalue weighted by Crippen LogP contribution is -2.37. The average molecular weight is 310 g/mol. The number of fused-ring (bicyclic) bond motifs is 1. The molecule has 0 spiro atoms. The van der Waals surface area contributed by atoms with Crippen molar-refractivity contribution in [3.63, 3.8) is 0 Å². The second-order valence-electron chi connectivity index (χ2n) is 5.07. The fourth-order valence-electron chi connectivity index (χ4n) is 2.53. The lowest BCUT2D eigenvalue weighted by molar-refractivity contribution is -0.127. The Morgan fingerprint density at radius 2 is 1.91 bits per heavy atom. The first-order valence-corrected chi connectivity index (χ1v) is 7.88. The SMILES string of the molecule is O=C1/C(=C/c2ccccc2)SC2NC(c3ccncc3)NN12. The number of rotatable bonds is 2. The number of pyridine rings is 1. The molecule has 2 fully saturated rings. The maximum Gasteiger partial charge on any atom is 0.276 e. The molecule has 3 heterocycles. The van der Waals surface area contributed by atoms with Crippen LogP contribution in [0.2, 0.25) is 0 Å². The lowest BCUT2D eigenvalue weighted by atomic mass is 10.2.